The molecule has 0 saturated carbocycles. The minimum atomic E-state index is -4.37. The van der Waals surface area contributed by atoms with E-state index < -0.39 is 41.5 Å². The molecular weight excluding hydrogens is 565 g/mol. The molecule has 0 aromatic carbocycles. The summed E-state index contributed by atoms with van der Waals surface area (Å²) in [7, 11) is 0.0421. The van der Waals surface area contributed by atoms with Crippen molar-refractivity contribution in [3.8, 4) is 17.0 Å². The average Bonchev–Trinajstić information content (AvgIpc) is 3.41. The van der Waals surface area contributed by atoms with Gasteiger partial charge in [0.1, 0.15) is 5.75 Å². The number of ether oxygens (including phenoxy) is 2. The zero-order chi connectivity index (χ0) is 30.2. The summed E-state index contributed by atoms with van der Waals surface area (Å²) >= 11 is 0. The smallest absolute Gasteiger partial charge is 0.389 e. The van der Waals surface area contributed by atoms with E-state index in [1.807, 2.05) is 0 Å². The molecule has 1 unspecified atom stereocenters. The first-order valence-electron chi connectivity index (χ1n) is 13.0. The molecule has 0 bridgehead atoms. The largest absolute Gasteiger partial charge is 0.494 e. The van der Waals surface area contributed by atoms with Gasteiger partial charge in [0.15, 0.2) is 0 Å². The van der Waals surface area contributed by atoms with Crippen LogP contribution < -0.4 is 10.1 Å². The zero-order valence-electron chi connectivity index (χ0n) is 23.3. The molecule has 2 amide bonds. The maximum absolute atomic E-state index is 13.3. The van der Waals surface area contributed by atoms with Crippen LogP contribution in [-0.4, -0.2) is 91.8 Å². The van der Waals surface area contributed by atoms with Gasteiger partial charge in [-0.3, -0.25) is 9.19 Å². The van der Waals surface area contributed by atoms with E-state index in [4.69, 9.17) is 14.6 Å². The van der Waals surface area contributed by atoms with Crippen molar-refractivity contribution in [1.82, 2.24) is 29.8 Å². The van der Waals surface area contributed by atoms with Crippen LogP contribution in [0.5, 0.6) is 5.75 Å². The summed E-state index contributed by atoms with van der Waals surface area (Å²) in [5, 5.41) is 16.0. The number of nitrogens with zero attached hydrogens (tertiary/aromatic N) is 5. The highest BCUT2D eigenvalue weighted by Crippen LogP contribution is 2.33. The summed E-state index contributed by atoms with van der Waals surface area (Å²) in [5.41, 5.74) is 2.19. The summed E-state index contributed by atoms with van der Waals surface area (Å²) in [6.45, 7) is 3.71. The fraction of sp³-hybridized carbons (Fsp3) is 0.538. The number of carbonyl (C=O) groups is 1. The molecule has 0 fully saturated rings. The third-order valence-electron chi connectivity index (χ3n) is 6.44. The van der Waals surface area contributed by atoms with Crippen LogP contribution in [-0.2, 0) is 15.5 Å². The molecule has 3 rings (SSSR count). The number of nitrogens with one attached hydrogen (secondary N) is 1. The van der Waals surface area contributed by atoms with Gasteiger partial charge in [-0.1, -0.05) is 0 Å². The number of halogens is 3. The number of fused-ring (bicyclic) bond motifs is 1. The van der Waals surface area contributed by atoms with Gasteiger partial charge in [0.05, 0.1) is 66.5 Å². The molecule has 0 radical (unpaired) electrons. The third-order valence-corrected chi connectivity index (χ3v) is 7.22. The fourth-order valence-corrected chi connectivity index (χ4v) is 4.93. The SMILES string of the molecule is CCN(C(=O)N[C@H](CCOCCO)CCC(F)(F)F)[C@H](C)c1cc(-c2cc3ccnn3c(S(C)=O)n2)c(OC)cn1. The zero-order valence-corrected chi connectivity index (χ0v) is 24.2. The molecule has 3 aromatic rings. The fourth-order valence-electron chi connectivity index (χ4n) is 4.31. The van der Waals surface area contributed by atoms with E-state index in [2.05, 4.69) is 20.4 Å². The van der Waals surface area contributed by atoms with Crippen molar-refractivity contribution in [3.05, 3.63) is 36.3 Å². The van der Waals surface area contributed by atoms with Crippen molar-refractivity contribution in [2.45, 2.75) is 56.5 Å². The number of aliphatic hydroxyl groups is 1. The molecule has 0 spiro atoms. The first-order valence-corrected chi connectivity index (χ1v) is 14.6. The van der Waals surface area contributed by atoms with Crippen LogP contribution in [0.1, 0.15) is 44.8 Å². The molecule has 0 aliphatic heterocycles. The lowest BCUT2D eigenvalue weighted by molar-refractivity contribution is -0.136. The molecule has 15 heteroatoms. The van der Waals surface area contributed by atoms with Gasteiger partial charge in [-0.05, 0) is 44.9 Å². The molecule has 0 saturated heterocycles. The van der Waals surface area contributed by atoms with Crippen LogP contribution in [0.15, 0.2) is 35.7 Å². The molecule has 226 valence electrons. The number of hydrogen-bond acceptors (Lipinski definition) is 8. The van der Waals surface area contributed by atoms with Gasteiger partial charge in [0.25, 0.3) is 0 Å². The number of alkyl halides is 3. The first-order chi connectivity index (χ1) is 19.5. The summed E-state index contributed by atoms with van der Waals surface area (Å²) in [4.78, 5) is 23.8. The molecule has 3 atom stereocenters. The molecule has 3 aromatic heterocycles. The van der Waals surface area contributed by atoms with E-state index in [1.165, 1.54) is 29.0 Å². The Morgan fingerprint density at radius 2 is 2.02 bits per heavy atom. The average molecular weight is 601 g/mol. The lowest BCUT2D eigenvalue weighted by Gasteiger charge is -2.30. The Morgan fingerprint density at radius 1 is 1.27 bits per heavy atom. The molecular formula is C26H35F3N6O5S. The number of amides is 2. The molecule has 3 heterocycles. The molecule has 0 aliphatic rings. The standard InChI is InChI=1S/C26H35F3N6O5S/c1-5-34(24(37)32-18(6-9-26(27,28)29)8-12-40-13-11-36)17(2)21-15-20(23(39-3)16-30-21)22-14-19-7-10-31-35(19)25(33-22)41(4)38/h7,10,14-18,36H,5-6,8-9,11-13H2,1-4H3,(H,32,37)/t17-,18+,41?/m1/s1. The highest BCUT2D eigenvalue weighted by molar-refractivity contribution is 7.84. The lowest BCUT2D eigenvalue weighted by Crippen LogP contribution is -2.46. The van der Waals surface area contributed by atoms with Gasteiger partial charge in [-0.25, -0.2) is 14.3 Å². The highest BCUT2D eigenvalue weighted by atomic mass is 32.2. The predicted octanol–water partition coefficient (Wildman–Crippen LogP) is 3.74. The van der Waals surface area contributed by atoms with Gasteiger partial charge in [-0.15, -0.1) is 0 Å². The molecule has 41 heavy (non-hydrogen) atoms. The number of rotatable bonds is 14. The van der Waals surface area contributed by atoms with Crippen LogP contribution in [0.4, 0.5) is 18.0 Å². The summed E-state index contributed by atoms with van der Waals surface area (Å²) in [6, 6.07) is 3.34. The van der Waals surface area contributed by atoms with Crippen molar-refractivity contribution in [1.29, 1.82) is 0 Å². The van der Waals surface area contributed by atoms with Crippen LogP contribution in [0.2, 0.25) is 0 Å². The van der Waals surface area contributed by atoms with Crippen LogP contribution in [0.3, 0.4) is 0 Å². The molecule has 0 aliphatic carbocycles. The van der Waals surface area contributed by atoms with E-state index >= 15 is 0 Å². The second-order valence-corrected chi connectivity index (χ2v) is 10.5. The van der Waals surface area contributed by atoms with E-state index in [0.29, 0.717) is 28.2 Å². The number of aliphatic hydroxyl groups excluding tert-OH is 1. The first kappa shape index (κ1) is 32.2. The Labute approximate surface area is 238 Å². The number of urea groups is 1. The summed E-state index contributed by atoms with van der Waals surface area (Å²) < 4.78 is 63.3. The molecule has 11 nitrogen and oxygen atoms in total. The van der Waals surface area contributed by atoms with Gasteiger partial charge in [0, 0.05) is 37.4 Å². The molecule has 2 N–H and O–H groups in total. The Kier molecular flexibility index (Phi) is 11.4. The second-order valence-electron chi connectivity index (χ2n) is 9.24. The quantitative estimate of drug-likeness (QED) is 0.211. The van der Waals surface area contributed by atoms with Crippen molar-refractivity contribution >= 4 is 22.3 Å². The van der Waals surface area contributed by atoms with Crippen molar-refractivity contribution in [2.75, 3.05) is 39.7 Å². The normalized spacial score (nSPS) is 14.0. The van der Waals surface area contributed by atoms with Crippen molar-refractivity contribution < 1.29 is 36.8 Å². The van der Waals surface area contributed by atoms with Gasteiger partial charge < -0.3 is 24.8 Å². The summed E-state index contributed by atoms with van der Waals surface area (Å²) in [5.74, 6) is 0.410. The Bertz CT molecular complexity index is 1340. The predicted molar refractivity (Wildman–Crippen MR) is 146 cm³/mol. The number of pyridine rings is 1. The monoisotopic (exact) mass is 600 g/mol. The maximum atomic E-state index is 13.3. The Hall–Kier alpha value is -3.30. The van der Waals surface area contributed by atoms with Crippen molar-refractivity contribution in [2.24, 2.45) is 0 Å². The van der Waals surface area contributed by atoms with E-state index in [-0.39, 0.29) is 44.4 Å². The third kappa shape index (κ3) is 8.60. The number of hydrogen-bond donors (Lipinski definition) is 2. The topological polar surface area (TPSA) is 131 Å². The van der Waals surface area contributed by atoms with Crippen molar-refractivity contribution in [3.63, 3.8) is 0 Å². The van der Waals surface area contributed by atoms with Gasteiger partial charge >= 0.3 is 12.2 Å². The van der Waals surface area contributed by atoms with E-state index in [1.54, 1.807) is 38.2 Å². The van der Waals surface area contributed by atoms with Crippen LogP contribution in [0.25, 0.3) is 16.8 Å². The Morgan fingerprint density at radius 3 is 2.66 bits per heavy atom. The van der Waals surface area contributed by atoms with E-state index in [9.17, 15) is 22.2 Å². The second kappa shape index (κ2) is 14.5. The summed E-state index contributed by atoms with van der Waals surface area (Å²) in [6.07, 6.45) is -0.990. The number of carbonyl (C=O) groups excluding carboxylic acids is 1. The van der Waals surface area contributed by atoms with Gasteiger partial charge in [-0.2, -0.15) is 18.3 Å². The number of methoxy groups -OCH3 is 1. The Balaban J connectivity index is 1.87. The van der Waals surface area contributed by atoms with Gasteiger partial charge in [0.2, 0.25) is 5.16 Å². The van der Waals surface area contributed by atoms with E-state index in [0.717, 1.165) is 0 Å². The lowest BCUT2D eigenvalue weighted by atomic mass is 10.1. The minimum Gasteiger partial charge on any atom is -0.494 e. The maximum Gasteiger partial charge on any atom is 0.389 e. The highest BCUT2D eigenvalue weighted by Gasteiger charge is 2.30. The minimum absolute atomic E-state index is 0.0575. The number of aromatic nitrogens is 4. The van der Waals surface area contributed by atoms with Crippen LogP contribution >= 0.6 is 0 Å². The van der Waals surface area contributed by atoms with Crippen LogP contribution in [0, 0.1) is 0 Å².